The molecule has 1 atom stereocenters. The molecule has 18 heavy (non-hydrogen) atoms. The summed E-state index contributed by atoms with van der Waals surface area (Å²) in [6.45, 7) is 3.44. The molecule has 1 aromatic rings. The highest BCUT2D eigenvalue weighted by Gasteiger charge is 2.25. The highest BCUT2D eigenvalue weighted by atomic mass is 35.5. The summed E-state index contributed by atoms with van der Waals surface area (Å²) in [5.74, 6) is -0.630. The Bertz CT molecular complexity index is 409. The van der Waals surface area contributed by atoms with Gasteiger partial charge in [0.1, 0.15) is 13.1 Å². The lowest BCUT2D eigenvalue weighted by Crippen LogP contribution is -3.00. The Morgan fingerprint density at radius 3 is 2.67 bits per heavy atom. The summed E-state index contributed by atoms with van der Waals surface area (Å²) >= 11 is 1.55. The number of thiazole rings is 1. The van der Waals surface area contributed by atoms with Gasteiger partial charge < -0.3 is 22.5 Å². The zero-order valence-corrected chi connectivity index (χ0v) is 12.2. The van der Waals surface area contributed by atoms with Gasteiger partial charge in [0.25, 0.3) is 0 Å². The summed E-state index contributed by atoms with van der Waals surface area (Å²) in [6.07, 6.45) is 0.443. The fourth-order valence-electron chi connectivity index (χ4n) is 1.43. The molecule has 0 saturated heterocycles. The number of rotatable bonds is 5. The van der Waals surface area contributed by atoms with E-state index in [0.29, 0.717) is 13.0 Å². The van der Waals surface area contributed by atoms with Crippen molar-refractivity contribution in [1.29, 1.82) is 0 Å². The molecule has 1 heterocycles. The minimum Gasteiger partial charge on any atom is -1.00 e. The molecule has 102 valence electrons. The van der Waals surface area contributed by atoms with Gasteiger partial charge in [-0.3, -0.25) is 4.79 Å². The summed E-state index contributed by atoms with van der Waals surface area (Å²) in [5, 5.41) is 4.56. The number of hydrogen-bond acceptors (Lipinski definition) is 4. The largest absolute Gasteiger partial charge is 1.00 e. The topological polar surface area (TPSA) is 59.3 Å². The minimum absolute atomic E-state index is 0. The smallest absolute Gasteiger partial charge is 0.329 e. The van der Waals surface area contributed by atoms with E-state index in [4.69, 9.17) is 4.74 Å². The van der Waals surface area contributed by atoms with Gasteiger partial charge in [-0.15, -0.1) is 0 Å². The second kappa shape index (κ2) is 8.05. The SMILES string of the molecule is CCOC(=O)C(Cc1csc[n+]1C)NC(C)=O.[Cl-]. The lowest BCUT2D eigenvalue weighted by Gasteiger charge is -2.14. The van der Waals surface area contributed by atoms with Gasteiger partial charge in [-0.2, -0.15) is 4.57 Å². The van der Waals surface area contributed by atoms with Gasteiger partial charge >= 0.3 is 5.97 Å². The number of amides is 1. The molecule has 0 aliphatic carbocycles. The molecule has 0 bridgehead atoms. The molecular formula is C11H17ClN2O3S. The summed E-state index contributed by atoms with van der Waals surface area (Å²) in [4.78, 5) is 22.7. The van der Waals surface area contributed by atoms with Crippen LogP contribution in [0.3, 0.4) is 0 Å². The number of aromatic nitrogens is 1. The Morgan fingerprint density at radius 2 is 2.22 bits per heavy atom. The first-order chi connectivity index (χ1) is 8.04. The molecule has 7 heteroatoms. The lowest BCUT2D eigenvalue weighted by atomic mass is 10.1. The molecule has 0 aliphatic heterocycles. The van der Waals surface area contributed by atoms with Crippen molar-refractivity contribution >= 4 is 23.2 Å². The monoisotopic (exact) mass is 292 g/mol. The zero-order chi connectivity index (χ0) is 12.8. The number of ether oxygens (including phenoxy) is 1. The summed E-state index contributed by atoms with van der Waals surface area (Å²) in [5.41, 5.74) is 2.92. The number of nitrogens with zero attached hydrogens (tertiary/aromatic N) is 1. The number of esters is 1. The van der Waals surface area contributed by atoms with Crippen molar-refractivity contribution < 1.29 is 31.3 Å². The second-order valence-electron chi connectivity index (χ2n) is 3.67. The predicted molar refractivity (Wildman–Crippen MR) is 63.4 cm³/mol. The quantitative estimate of drug-likeness (QED) is 0.471. The van der Waals surface area contributed by atoms with Crippen LogP contribution < -0.4 is 22.3 Å². The zero-order valence-electron chi connectivity index (χ0n) is 10.6. The van der Waals surface area contributed by atoms with Crippen LogP contribution in [-0.4, -0.2) is 24.5 Å². The predicted octanol–water partition coefficient (Wildman–Crippen LogP) is -2.81. The summed E-state index contributed by atoms with van der Waals surface area (Å²) < 4.78 is 6.86. The normalized spacial score (nSPS) is 11.3. The number of carbonyl (C=O) groups is 2. The average Bonchev–Trinajstić information content (AvgIpc) is 2.63. The van der Waals surface area contributed by atoms with Gasteiger partial charge in [-0.25, -0.2) is 4.79 Å². The van der Waals surface area contributed by atoms with E-state index in [1.165, 1.54) is 6.92 Å². The molecule has 5 nitrogen and oxygen atoms in total. The summed E-state index contributed by atoms with van der Waals surface area (Å²) in [6, 6.07) is -0.617. The van der Waals surface area contributed by atoms with Crippen LogP contribution in [0, 0.1) is 0 Å². The van der Waals surface area contributed by atoms with Crippen LogP contribution in [0.4, 0.5) is 0 Å². The minimum atomic E-state index is -0.617. The van der Waals surface area contributed by atoms with Crippen molar-refractivity contribution in [2.45, 2.75) is 26.3 Å². The Morgan fingerprint density at radius 1 is 1.56 bits per heavy atom. The second-order valence-corrected chi connectivity index (χ2v) is 4.39. The Labute approximate surface area is 117 Å². The maximum Gasteiger partial charge on any atom is 0.329 e. The first kappa shape index (κ1) is 16.9. The molecule has 0 spiro atoms. The third kappa shape index (κ3) is 5.01. The van der Waals surface area contributed by atoms with Crippen LogP contribution in [0.1, 0.15) is 19.5 Å². The van der Waals surface area contributed by atoms with Crippen molar-refractivity contribution in [2.75, 3.05) is 6.61 Å². The molecule has 0 aliphatic rings. The Hall–Kier alpha value is -1.14. The number of halogens is 1. The van der Waals surface area contributed by atoms with E-state index >= 15 is 0 Å². The molecule has 1 aromatic heterocycles. The standard InChI is InChI=1S/C11H16N2O3S.ClH/c1-4-16-11(15)10(12-8(2)14)5-9-6-17-7-13(9)3;/h6-7,10H,4-5H2,1-3H3;1H. The molecule has 1 rings (SSSR count). The van der Waals surface area contributed by atoms with E-state index in [1.54, 1.807) is 18.3 Å². The maximum absolute atomic E-state index is 11.7. The van der Waals surface area contributed by atoms with Crippen molar-refractivity contribution in [2.24, 2.45) is 7.05 Å². The third-order valence-corrected chi connectivity index (χ3v) is 3.08. The van der Waals surface area contributed by atoms with Gasteiger partial charge in [0.15, 0.2) is 5.69 Å². The van der Waals surface area contributed by atoms with Crippen LogP contribution in [0.15, 0.2) is 10.9 Å². The van der Waals surface area contributed by atoms with E-state index in [2.05, 4.69) is 5.32 Å². The van der Waals surface area contributed by atoms with E-state index in [0.717, 1.165) is 5.69 Å². The highest BCUT2D eigenvalue weighted by Crippen LogP contribution is 2.04. The third-order valence-electron chi connectivity index (χ3n) is 2.24. The highest BCUT2D eigenvalue weighted by molar-refractivity contribution is 7.07. The van der Waals surface area contributed by atoms with E-state index in [9.17, 15) is 9.59 Å². The van der Waals surface area contributed by atoms with Crippen LogP contribution in [0.25, 0.3) is 0 Å². The molecule has 0 fully saturated rings. The Kier molecular flexibility index (Phi) is 7.54. The molecule has 1 N–H and O–H groups in total. The van der Waals surface area contributed by atoms with Crippen LogP contribution in [0.5, 0.6) is 0 Å². The van der Waals surface area contributed by atoms with E-state index in [-0.39, 0.29) is 18.3 Å². The molecule has 0 saturated carbocycles. The van der Waals surface area contributed by atoms with Crippen molar-refractivity contribution in [3.8, 4) is 0 Å². The average molecular weight is 293 g/mol. The molecule has 0 aromatic carbocycles. The lowest BCUT2D eigenvalue weighted by molar-refractivity contribution is -0.674. The van der Waals surface area contributed by atoms with Gasteiger partial charge in [-0.05, 0) is 6.92 Å². The first-order valence-electron chi connectivity index (χ1n) is 5.39. The van der Waals surface area contributed by atoms with Gasteiger partial charge in [-0.1, -0.05) is 11.3 Å². The molecule has 1 amide bonds. The van der Waals surface area contributed by atoms with E-state index in [1.807, 2.05) is 22.5 Å². The Balaban J connectivity index is 0.00000289. The number of nitrogens with one attached hydrogen (secondary N) is 1. The van der Waals surface area contributed by atoms with Crippen molar-refractivity contribution in [1.82, 2.24) is 5.32 Å². The first-order valence-corrected chi connectivity index (χ1v) is 6.33. The fraction of sp³-hybridized carbons (Fsp3) is 0.545. The van der Waals surface area contributed by atoms with Gasteiger partial charge in [0.05, 0.1) is 18.4 Å². The number of hydrogen-bond donors (Lipinski definition) is 1. The fourth-order valence-corrected chi connectivity index (χ4v) is 2.23. The van der Waals surface area contributed by atoms with Crippen molar-refractivity contribution in [3.63, 3.8) is 0 Å². The summed E-state index contributed by atoms with van der Waals surface area (Å²) in [7, 11) is 1.90. The van der Waals surface area contributed by atoms with Crippen LogP contribution >= 0.6 is 11.3 Å². The van der Waals surface area contributed by atoms with Gasteiger partial charge in [0.2, 0.25) is 11.4 Å². The van der Waals surface area contributed by atoms with Crippen LogP contribution in [0.2, 0.25) is 0 Å². The van der Waals surface area contributed by atoms with Crippen molar-refractivity contribution in [3.05, 3.63) is 16.6 Å². The maximum atomic E-state index is 11.7. The molecular weight excluding hydrogens is 276 g/mol. The van der Waals surface area contributed by atoms with Gasteiger partial charge in [0, 0.05) is 6.92 Å². The van der Waals surface area contributed by atoms with E-state index < -0.39 is 12.0 Å². The molecule has 1 unspecified atom stereocenters. The van der Waals surface area contributed by atoms with Crippen LogP contribution in [-0.2, 0) is 27.8 Å². The number of carbonyl (C=O) groups excluding carboxylic acids is 2. The molecule has 0 radical (unpaired) electrons. The number of aryl methyl sites for hydroxylation is 1.